The fourth-order valence-corrected chi connectivity index (χ4v) is 3.33. The number of fused-ring (bicyclic) bond motifs is 1. The van der Waals surface area contributed by atoms with Crippen LogP contribution in [0.5, 0.6) is 0 Å². The number of aliphatic carboxylic acids is 1. The van der Waals surface area contributed by atoms with Crippen LogP contribution in [-0.4, -0.2) is 29.1 Å². The summed E-state index contributed by atoms with van der Waals surface area (Å²) >= 11 is 0. The van der Waals surface area contributed by atoms with E-state index < -0.39 is 5.97 Å². The lowest BCUT2D eigenvalue weighted by Crippen LogP contribution is -2.41. The molecule has 2 atom stereocenters. The van der Waals surface area contributed by atoms with Crippen molar-refractivity contribution in [2.45, 2.75) is 38.1 Å². The SMILES string of the molecule is O=C(O)C1CCCN(C2CCCc3occc32)C1. The van der Waals surface area contributed by atoms with Crippen LogP contribution in [0.1, 0.15) is 43.0 Å². The maximum atomic E-state index is 11.1. The van der Waals surface area contributed by atoms with Crippen LogP contribution in [-0.2, 0) is 11.2 Å². The van der Waals surface area contributed by atoms with E-state index in [1.165, 1.54) is 5.56 Å². The van der Waals surface area contributed by atoms with E-state index in [0.717, 1.165) is 44.4 Å². The third kappa shape index (κ3) is 2.05. The van der Waals surface area contributed by atoms with E-state index >= 15 is 0 Å². The van der Waals surface area contributed by atoms with Gasteiger partial charge in [-0.25, -0.2) is 0 Å². The Bertz CT molecular complexity index is 440. The van der Waals surface area contributed by atoms with Crippen molar-refractivity contribution in [2.24, 2.45) is 5.92 Å². The highest BCUT2D eigenvalue weighted by molar-refractivity contribution is 5.70. The highest BCUT2D eigenvalue weighted by Gasteiger charge is 2.33. The second-order valence-electron chi connectivity index (χ2n) is 5.38. The summed E-state index contributed by atoms with van der Waals surface area (Å²) in [7, 11) is 0. The van der Waals surface area contributed by atoms with Gasteiger partial charge in [0.1, 0.15) is 5.76 Å². The van der Waals surface area contributed by atoms with Gasteiger partial charge in [0.15, 0.2) is 0 Å². The zero-order valence-electron chi connectivity index (χ0n) is 10.5. The minimum Gasteiger partial charge on any atom is -0.481 e. The second-order valence-corrected chi connectivity index (χ2v) is 5.38. The van der Waals surface area contributed by atoms with Crippen molar-refractivity contribution < 1.29 is 14.3 Å². The minimum atomic E-state index is -0.650. The molecule has 2 heterocycles. The Morgan fingerprint density at radius 3 is 3.11 bits per heavy atom. The van der Waals surface area contributed by atoms with Crippen LogP contribution in [0.25, 0.3) is 0 Å². The number of aryl methyl sites for hydroxylation is 1. The molecule has 1 aliphatic carbocycles. The van der Waals surface area contributed by atoms with Gasteiger partial charge in [0.2, 0.25) is 0 Å². The smallest absolute Gasteiger partial charge is 0.307 e. The number of hydrogen-bond acceptors (Lipinski definition) is 3. The van der Waals surface area contributed by atoms with Crippen molar-refractivity contribution in [2.75, 3.05) is 13.1 Å². The molecule has 4 heteroatoms. The van der Waals surface area contributed by atoms with Gasteiger partial charge in [-0.05, 0) is 38.3 Å². The maximum Gasteiger partial charge on any atom is 0.307 e. The normalized spacial score (nSPS) is 28.9. The molecule has 1 aromatic rings. The Labute approximate surface area is 107 Å². The number of hydrogen-bond donors (Lipinski definition) is 1. The molecular weight excluding hydrogens is 230 g/mol. The molecule has 2 unspecified atom stereocenters. The first kappa shape index (κ1) is 11.8. The molecule has 1 N–H and O–H groups in total. The van der Waals surface area contributed by atoms with Crippen molar-refractivity contribution in [3.63, 3.8) is 0 Å². The Kier molecular flexibility index (Phi) is 3.12. The molecule has 1 aromatic heterocycles. The van der Waals surface area contributed by atoms with E-state index in [1.807, 2.05) is 0 Å². The molecule has 0 spiro atoms. The molecular formula is C14H19NO3. The molecule has 0 radical (unpaired) electrons. The lowest BCUT2D eigenvalue weighted by molar-refractivity contribution is -0.144. The number of carbonyl (C=O) groups is 1. The summed E-state index contributed by atoms with van der Waals surface area (Å²) in [4.78, 5) is 13.5. The van der Waals surface area contributed by atoms with Gasteiger partial charge in [-0.3, -0.25) is 9.69 Å². The summed E-state index contributed by atoms with van der Waals surface area (Å²) in [6, 6.07) is 2.43. The van der Waals surface area contributed by atoms with Gasteiger partial charge in [-0.15, -0.1) is 0 Å². The summed E-state index contributed by atoms with van der Waals surface area (Å²) in [6.07, 6.45) is 6.85. The Balaban J connectivity index is 1.78. The van der Waals surface area contributed by atoms with E-state index in [1.54, 1.807) is 6.26 Å². The van der Waals surface area contributed by atoms with Crippen LogP contribution in [0.15, 0.2) is 16.7 Å². The van der Waals surface area contributed by atoms with Crippen LogP contribution in [0.2, 0.25) is 0 Å². The lowest BCUT2D eigenvalue weighted by atomic mass is 9.89. The monoisotopic (exact) mass is 249 g/mol. The van der Waals surface area contributed by atoms with Gasteiger partial charge in [-0.2, -0.15) is 0 Å². The topological polar surface area (TPSA) is 53.7 Å². The molecule has 0 bridgehead atoms. The second kappa shape index (κ2) is 4.76. The first-order valence-electron chi connectivity index (χ1n) is 6.79. The summed E-state index contributed by atoms with van der Waals surface area (Å²) in [5.74, 6) is 0.252. The third-order valence-corrected chi connectivity index (χ3v) is 4.26. The first-order chi connectivity index (χ1) is 8.75. The lowest BCUT2D eigenvalue weighted by Gasteiger charge is -2.38. The summed E-state index contributed by atoms with van der Waals surface area (Å²) < 4.78 is 5.51. The van der Waals surface area contributed by atoms with Crippen LogP contribution in [0, 0.1) is 5.92 Å². The van der Waals surface area contributed by atoms with Crippen LogP contribution < -0.4 is 0 Å². The molecule has 3 rings (SSSR count). The quantitative estimate of drug-likeness (QED) is 0.874. The number of carboxylic acid groups (broad SMARTS) is 1. The average Bonchev–Trinajstić information content (AvgIpc) is 2.87. The predicted molar refractivity (Wildman–Crippen MR) is 66.3 cm³/mol. The highest BCUT2D eigenvalue weighted by Crippen LogP contribution is 2.37. The standard InChI is InChI=1S/C14H19NO3/c16-14(17)10-3-2-7-15(9-10)12-4-1-5-13-11(12)6-8-18-13/h6,8,10,12H,1-5,7,9H2,(H,16,17). The number of furan rings is 1. The van der Waals surface area contributed by atoms with Crippen molar-refractivity contribution in [1.82, 2.24) is 4.90 Å². The van der Waals surface area contributed by atoms with E-state index in [2.05, 4.69) is 11.0 Å². The Morgan fingerprint density at radius 1 is 1.39 bits per heavy atom. The number of rotatable bonds is 2. The summed E-state index contributed by atoms with van der Waals surface area (Å²) in [6.45, 7) is 1.70. The molecule has 0 aromatic carbocycles. The molecule has 1 saturated heterocycles. The van der Waals surface area contributed by atoms with Gasteiger partial charge in [0.25, 0.3) is 0 Å². The van der Waals surface area contributed by atoms with Crippen LogP contribution in [0.4, 0.5) is 0 Å². The predicted octanol–water partition coefficient (Wildman–Crippen LogP) is 2.45. The first-order valence-corrected chi connectivity index (χ1v) is 6.79. The van der Waals surface area contributed by atoms with Crippen molar-refractivity contribution in [3.05, 3.63) is 23.7 Å². The van der Waals surface area contributed by atoms with E-state index in [9.17, 15) is 4.79 Å². The van der Waals surface area contributed by atoms with Crippen molar-refractivity contribution in [1.29, 1.82) is 0 Å². The van der Waals surface area contributed by atoms with Gasteiger partial charge in [0, 0.05) is 24.6 Å². The molecule has 1 aliphatic heterocycles. The molecule has 0 amide bonds. The number of carboxylic acids is 1. The van der Waals surface area contributed by atoms with Gasteiger partial charge >= 0.3 is 5.97 Å². The molecule has 98 valence electrons. The third-order valence-electron chi connectivity index (χ3n) is 4.26. The largest absolute Gasteiger partial charge is 0.481 e. The number of nitrogens with zero attached hydrogens (tertiary/aromatic N) is 1. The number of likely N-dealkylation sites (tertiary alicyclic amines) is 1. The molecule has 2 aliphatic rings. The van der Waals surface area contributed by atoms with Crippen molar-refractivity contribution in [3.8, 4) is 0 Å². The van der Waals surface area contributed by atoms with Crippen LogP contribution in [0.3, 0.4) is 0 Å². The zero-order chi connectivity index (χ0) is 12.5. The molecule has 18 heavy (non-hydrogen) atoms. The van der Waals surface area contributed by atoms with Gasteiger partial charge in [-0.1, -0.05) is 0 Å². The van der Waals surface area contributed by atoms with E-state index in [-0.39, 0.29) is 5.92 Å². The molecule has 1 fully saturated rings. The zero-order valence-corrected chi connectivity index (χ0v) is 10.5. The average molecular weight is 249 g/mol. The fraction of sp³-hybridized carbons (Fsp3) is 0.643. The minimum absolute atomic E-state index is 0.198. The van der Waals surface area contributed by atoms with Crippen LogP contribution >= 0.6 is 0 Å². The fourth-order valence-electron chi connectivity index (χ4n) is 3.33. The van der Waals surface area contributed by atoms with E-state index in [0.29, 0.717) is 12.6 Å². The molecule has 4 nitrogen and oxygen atoms in total. The number of piperidine rings is 1. The Hall–Kier alpha value is -1.29. The highest BCUT2D eigenvalue weighted by atomic mass is 16.4. The summed E-state index contributed by atoms with van der Waals surface area (Å²) in [5, 5.41) is 9.16. The summed E-state index contributed by atoms with van der Waals surface area (Å²) in [5.41, 5.74) is 1.28. The van der Waals surface area contributed by atoms with Gasteiger partial charge < -0.3 is 9.52 Å². The molecule has 0 saturated carbocycles. The van der Waals surface area contributed by atoms with Gasteiger partial charge in [0.05, 0.1) is 12.2 Å². The van der Waals surface area contributed by atoms with Crippen molar-refractivity contribution >= 4 is 5.97 Å². The van der Waals surface area contributed by atoms with E-state index in [4.69, 9.17) is 9.52 Å². The maximum absolute atomic E-state index is 11.1. The Morgan fingerprint density at radius 2 is 2.28 bits per heavy atom.